The predicted molar refractivity (Wildman–Crippen MR) is 64.1 cm³/mol. The first-order valence-corrected chi connectivity index (χ1v) is 5.99. The normalized spacial score (nSPS) is 15.8. The molecule has 0 bridgehead atoms. The van der Waals surface area contributed by atoms with E-state index < -0.39 is 0 Å². The number of hydrogen-bond donors (Lipinski definition) is 1. The molecular formula is C12H23N3O. The first-order chi connectivity index (χ1) is 7.41. The Labute approximate surface area is 97.6 Å². The second-order valence-electron chi connectivity index (χ2n) is 5.28. The van der Waals surface area contributed by atoms with Gasteiger partial charge in [-0.2, -0.15) is 4.98 Å². The van der Waals surface area contributed by atoms with Crippen LogP contribution in [0.5, 0.6) is 0 Å². The Morgan fingerprint density at radius 2 is 1.81 bits per heavy atom. The first kappa shape index (κ1) is 13.2. The Morgan fingerprint density at radius 3 is 2.25 bits per heavy atom. The van der Waals surface area contributed by atoms with Crippen LogP contribution in [0.4, 0.5) is 0 Å². The minimum atomic E-state index is 0.0346. The Balaban J connectivity index is 2.82. The van der Waals surface area contributed by atoms with Crippen LogP contribution in [0.1, 0.15) is 52.3 Å². The lowest BCUT2D eigenvalue weighted by Gasteiger charge is -2.20. The van der Waals surface area contributed by atoms with Crippen LogP contribution in [0.2, 0.25) is 0 Å². The monoisotopic (exact) mass is 225 g/mol. The highest BCUT2D eigenvalue weighted by Crippen LogP contribution is 2.25. The smallest absolute Gasteiger partial charge is 0.231 e. The van der Waals surface area contributed by atoms with Crippen LogP contribution in [0.15, 0.2) is 4.52 Å². The zero-order chi connectivity index (χ0) is 12.3. The summed E-state index contributed by atoms with van der Waals surface area (Å²) in [7, 11) is 0. The van der Waals surface area contributed by atoms with Gasteiger partial charge < -0.3 is 10.3 Å². The van der Waals surface area contributed by atoms with Crippen molar-refractivity contribution >= 4 is 0 Å². The van der Waals surface area contributed by atoms with E-state index in [0.29, 0.717) is 17.7 Å². The second kappa shape index (κ2) is 5.43. The van der Waals surface area contributed by atoms with Crippen LogP contribution < -0.4 is 5.73 Å². The largest absolute Gasteiger partial charge is 0.339 e. The van der Waals surface area contributed by atoms with Gasteiger partial charge >= 0.3 is 0 Å². The number of hydrogen-bond acceptors (Lipinski definition) is 4. The van der Waals surface area contributed by atoms with Gasteiger partial charge in [-0.05, 0) is 18.8 Å². The lowest BCUT2D eigenvalue weighted by Crippen LogP contribution is -2.28. The summed E-state index contributed by atoms with van der Waals surface area (Å²) in [5, 5.41) is 4.00. The van der Waals surface area contributed by atoms with Gasteiger partial charge in [-0.1, -0.05) is 32.9 Å². The second-order valence-corrected chi connectivity index (χ2v) is 5.28. The molecule has 0 saturated heterocycles. The van der Waals surface area contributed by atoms with Gasteiger partial charge in [-0.25, -0.2) is 0 Å². The maximum atomic E-state index is 5.95. The molecule has 0 amide bonds. The molecule has 2 unspecified atom stereocenters. The summed E-state index contributed by atoms with van der Waals surface area (Å²) >= 11 is 0. The van der Waals surface area contributed by atoms with E-state index in [9.17, 15) is 0 Å². The molecule has 1 aromatic rings. The van der Waals surface area contributed by atoms with E-state index in [1.807, 2.05) is 6.92 Å². The van der Waals surface area contributed by atoms with Crippen LogP contribution >= 0.6 is 0 Å². The predicted octanol–water partition coefficient (Wildman–Crippen LogP) is 2.35. The lowest BCUT2D eigenvalue weighted by atomic mass is 9.90. The van der Waals surface area contributed by atoms with Crippen molar-refractivity contribution in [3.63, 3.8) is 0 Å². The van der Waals surface area contributed by atoms with Gasteiger partial charge in [0.05, 0.1) is 5.92 Å². The standard InChI is InChI=1S/C12H23N3O/c1-7(2)6-10-14-12(16-15-10)11(8(3)4)9(5)13/h7-9,11H,6,13H2,1-5H3. The highest BCUT2D eigenvalue weighted by Gasteiger charge is 2.26. The van der Waals surface area contributed by atoms with E-state index in [4.69, 9.17) is 10.3 Å². The third-order valence-corrected chi connectivity index (χ3v) is 2.64. The van der Waals surface area contributed by atoms with Gasteiger partial charge in [0.1, 0.15) is 0 Å². The number of nitrogens with two attached hydrogens (primary N) is 1. The molecule has 0 aliphatic heterocycles. The van der Waals surface area contributed by atoms with Crippen molar-refractivity contribution in [2.75, 3.05) is 0 Å². The zero-order valence-electron chi connectivity index (χ0n) is 10.9. The highest BCUT2D eigenvalue weighted by molar-refractivity contribution is 4.99. The molecule has 4 heteroatoms. The topological polar surface area (TPSA) is 64.9 Å². The minimum absolute atomic E-state index is 0.0346. The Morgan fingerprint density at radius 1 is 1.19 bits per heavy atom. The number of aromatic nitrogens is 2. The molecule has 0 radical (unpaired) electrons. The molecule has 16 heavy (non-hydrogen) atoms. The lowest BCUT2D eigenvalue weighted by molar-refractivity contribution is 0.298. The molecule has 4 nitrogen and oxygen atoms in total. The molecule has 0 aromatic carbocycles. The molecule has 2 atom stereocenters. The molecular weight excluding hydrogens is 202 g/mol. The van der Waals surface area contributed by atoms with E-state index in [1.165, 1.54) is 0 Å². The van der Waals surface area contributed by atoms with Crippen LogP contribution in [0, 0.1) is 11.8 Å². The Hall–Kier alpha value is -0.900. The van der Waals surface area contributed by atoms with Crippen molar-refractivity contribution in [1.29, 1.82) is 0 Å². The average molecular weight is 225 g/mol. The highest BCUT2D eigenvalue weighted by atomic mass is 16.5. The van der Waals surface area contributed by atoms with E-state index in [2.05, 4.69) is 37.8 Å². The first-order valence-electron chi connectivity index (χ1n) is 5.99. The molecule has 0 saturated carbocycles. The van der Waals surface area contributed by atoms with Gasteiger partial charge in [0, 0.05) is 12.5 Å². The van der Waals surface area contributed by atoms with Gasteiger partial charge in [0.2, 0.25) is 5.89 Å². The summed E-state index contributed by atoms with van der Waals surface area (Å²) in [5.41, 5.74) is 5.95. The van der Waals surface area contributed by atoms with Crippen LogP contribution in [0.3, 0.4) is 0 Å². The number of nitrogens with zero attached hydrogens (tertiary/aromatic N) is 2. The van der Waals surface area contributed by atoms with Crippen molar-refractivity contribution < 1.29 is 4.52 Å². The molecule has 0 aliphatic rings. The maximum Gasteiger partial charge on any atom is 0.231 e. The van der Waals surface area contributed by atoms with Crippen LogP contribution in [0.25, 0.3) is 0 Å². The Bertz CT molecular complexity index is 310. The van der Waals surface area contributed by atoms with E-state index in [-0.39, 0.29) is 12.0 Å². The number of rotatable bonds is 5. The van der Waals surface area contributed by atoms with Crippen molar-refractivity contribution in [2.45, 2.75) is 53.0 Å². The molecule has 2 N–H and O–H groups in total. The summed E-state index contributed by atoms with van der Waals surface area (Å²) in [5.74, 6) is 2.57. The van der Waals surface area contributed by atoms with Crippen molar-refractivity contribution in [2.24, 2.45) is 17.6 Å². The SMILES string of the molecule is CC(C)Cc1noc(C(C(C)C)C(C)N)n1. The van der Waals surface area contributed by atoms with E-state index in [1.54, 1.807) is 0 Å². The molecule has 1 aromatic heterocycles. The van der Waals surface area contributed by atoms with Crippen LogP contribution in [-0.2, 0) is 6.42 Å². The molecule has 0 spiro atoms. The van der Waals surface area contributed by atoms with Gasteiger partial charge in [0.15, 0.2) is 5.82 Å². The minimum Gasteiger partial charge on any atom is -0.339 e. The van der Waals surface area contributed by atoms with Gasteiger partial charge in [-0.3, -0.25) is 0 Å². The molecule has 1 heterocycles. The summed E-state index contributed by atoms with van der Waals surface area (Å²) in [4.78, 5) is 4.44. The van der Waals surface area contributed by atoms with Crippen molar-refractivity contribution in [3.8, 4) is 0 Å². The molecule has 0 aliphatic carbocycles. The van der Waals surface area contributed by atoms with Gasteiger partial charge in [-0.15, -0.1) is 0 Å². The molecule has 0 fully saturated rings. The molecule has 92 valence electrons. The van der Waals surface area contributed by atoms with Crippen molar-refractivity contribution in [1.82, 2.24) is 10.1 Å². The van der Waals surface area contributed by atoms with Gasteiger partial charge in [0.25, 0.3) is 0 Å². The average Bonchev–Trinajstić information content (AvgIpc) is 2.50. The fourth-order valence-electron chi connectivity index (χ4n) is 1.97. The third-order valence-electron chi connectivity index (χ3n) is 2.64. The van der Waals surface area contributed by atoms with Crippen molar-refractivity contribution in [3.05, 3.63) is 11.7 Å². The van der Waals surface area contributed by atoms with Crippen LogP contribution in [-0.4, -0.2) is 16.2 Å². The summed E-state index contributed by atoms with van der Waals surface area (Å²) in [6.45, 7) is 10.5. The summed E-state index contributed by atoms with van der Waals surface area (Å²) in [6, 6.07) is 0.0346. The summed E-state index contributed by atoms with van der Waals surface area (Å²) < 4.78 is 5.31. The third kappa shape index (κ3) is 3.30. The molecule has 1 rings (SSSR count). The van der Waals surface area contributed by atoms with E-state index in [0.717, 1.165) is 12.2 Å². The maximum absolute atomic E-state index is 5.95. The fraction of sp³-hybridized carbons (Fsp3) is 0.833. The summed E-state index contributed by atoms with van der Waals surface area (Å²) in [6.07, 6.45) is 0.854. The van der Waals surface area contributed by atoms with E-state index >= 15 is 0 Å². The quantitative estimate of drug-likeness (QED) is 0.835. The fourth-order valence-corrected chi connectivity index (χ4v) is 1.97. The Kier molecular flexibility index (Phi) is 4.47. The zero-order valence-corrected chi connectivity index (χ0v) is 10.9.